The first-order valence-electron chi connectivity index (χ1n) is 17.6. The molecule has 2 rings (SSSR count). The van der Waals surface area contributed by atoms with E-state index in [-0.39, 0.29) is 33.1 Å². The van der Waals surface area contributed by atoms with Crippen molar-refractivity contribution in [2.24, 2.45) is 5.41 Å². The van der Waals surface area contributed by atoms with Gasteiger partial charge in [0.25, 0.3) is 0 Å². The summed E-state index contributed by atoms with van der Waals surface area (Å²) in [6.45, 7) is 9.21. The summed E-state index contributed by atoms with van der Waals surface area (Å²) in [6.07, 6.45) is 22.5. The van der Waals surface area contributed by atoms with Crippen molar-refractivity contribution in [3.05, 3.63) is 0 Å². The zero-order valence-corrected chi connectivity index (χ0v) is 28.1. The van der Waals surface area contributed by atoms with Crippen LogP contribution in [0.3, 0.4) is 0 Å². The molecule has 0 aliphatic heterocycles. The van der Waals surface area contributed by atoms with E-state index in [1.807, 2.05) is 20.8 Å². The number of hydrogen-bond acceptors (Lipinski definition) is 6. The fourth-order valence-corrected chi connectivity index (χ4v) is 6.45. The Hall–Kier alpha value is -1.67. The van der Waals surface area contributed by atoms with Crippen LogP contribution in [-0.2, 0) is 28.6 Å². The molecule has 8 heteroatoms. The van der Waals surface area contributed by atoms with Crippen LogP contribution in [0.5, 0.6) is 0 Å². The highest BCUT2D eigenvalue weighted by Gasteiger charge is 2.53. The number of hydrogen-bond donors (Lipinski definition) is 2. The number of unbranched alkanes of at least 4 members (excludes halogenated alkanes) is 12. The molecule has 0 aromatic carbocycles. The van der Waals surface area contributed by atoms with E-state index < -0.39 is 5.60 Å². The number of nitrogens with one attached hydrogen (secondary N) is 2. The van der Waals surface area contributed by atoms with Crippen LogP contribution in [0.15, 0.2) is 0 Å². The zero-order valence-electron chi connectivity index (χ0n) is 28.1. The van der Waals surface area contributed by atoms with Gasteiger partial charge in [-0.2, -0.15) is 0 Å². The van der Waals surface area contributed by atoms with Gasteiger partial charge in [-0.15, -0.1) is 0 Å². The normalized spacial score (nSPS) is 21.2. The molecule has 0 heterocycles. The van der Waals surface area contributed by atoms with E-state index in [1.165, 1.54) is 70.6 Å². The fraction of sp³-hybridized carbons (Fsp3) is 0.914. The topological polar surface area (TPSA) is 103 Å². The molecule has 2 fully saturated rings. The Morgan fingerprint density at radius 3 is 1.51 bits per heavy atom. The summed E-state index contributed by atoms with van der Waals surface area (Å²) >= 11 is 0. The maximum Gasteiger partial charge on any atom is 0.308 e. The fourth-order valence-electron chi connectivity index (χ4n) is 6.45. The number of ether oxygens (including phenoxy) is 3. The summed E-state index contributed by atoms with van der Waals surface area (Å²) in [6, 6.07) is 0.553. The van der Waals surface area contributed by atoms with Gasteiger partial charge in [-0.1, -0.05) is 84.0 Å². The van der Waals surface area contributed by atoms with Crippen molar-refractivity contribution in [3.63, 3.8) is 0 Å². The molecule has 2 aliphatic rings. The van der Waals surface area contributed by atoms with Gasteiger partial charge in [0.2, 0.25) is 11.8 Å². The maximum absolute atomic E-state index is 12.3. The van der Waals surface area contributed by atoms with E-state index in [2.05, 4.69) is 17.6 Å². The third kappa shape index (κ3) is 18.0. The Kier molecular flexibility index (Phi) is 18.4. The number of amides is 2. The average molecular weight is 613 g/mol. The first-order valence-corrected chi connectivity index (χ1v) is 17.6. The van der Waals surface area contributed by atoms with Crippen LogP contribution in [0.25, 0.3) is 0 Å². The van der Waals surface area contributed by atoms with Crippen molar-refractivity contribution < 1.29 is 31.4 Å². The largest absolute Gasteiger partial charge is 0.460 e. The number of rotatable bonds is 25. The van der Waals surface area contributed by atoms with Crippen LogP contribution < -0.4 is 10.6 Å². The van der Waals surface area contributed by atoms with Crippen molar-refractivity contribution in [1.29, 1.82) is 0 Å². The number of carbonyl (C=O) groups is 3. The zero-order chi connectivity index (χ0) is 31.4. The quantitative estimate of drug-likeness (QED) is 0.0811. The van der Waals surface area contributed by atoms with Gasteiger partial charge in [0, 0.05) is 27.8 Å². The molecule has 0 radical (unpaired) electrons. The second-order valence-electron chi connectivity index (χ2n) is 14.1. The Labute approximate surface area is 265 Å². The summed E-state index contributed by atoms with van der Waals surface area (Å²) in [5, 5.41) is 6.35. The third-order valence-corrected chi connectivity index (χ3v) is 8.67. The van der Waals surface area contributed by atoms with Crippen molar-refractivity contribution >= 4 is 17.8 Å². The standard InChI is InChI=1S/C35H64N2O6.2H2/c1-5-6-7-8-9-10-11-12-13-14-15-16-17-18-31(38)36-29-25-35(26-29)27-30(28-35)37-32(39)19-21-41-23-24-42-22-20-33(40)43-34(2,3)4;;/h29-30H,5-28H2,1-4H3,(H,36,38)(H,37,39);2*1H. The van der Waals surface area contributed by atoms with Gasteiger partial charge in [-0.25, -0.2) is 0 Å². The van der Waals surface area contributed by atoms with Gasteiger partial charge in [0.05, 0.1) is 32.8 Å². The van der Waals surface area contributed by atoms with Crippen molar-refractivity contribution in [2.45, 2.75) is 174 Å². The van der Waals surface area contributed by atoms with E-state index in [1.54, 1.807) is 0 Å². The van der Waals surface area contributed by atoms with Crippen LogP contribution in [-0.4, -0.2) is 61.9 Å². The van der Waals surface area contributed by atoms with Gasteiger partial charge >= 0.3 is 5.97 Å². The molecule has 2 aliphatic carbocycles. The maximum atomic E-state index is 12.3. The Bertz CT molecular complexity index is 793. The van der Waals surface area contributed by atoms with E-state index >= 15 is 0 Å². The molecule has 254 valence electrons. The molecule has 2 saturated carbocycles. The van der Waals surface area contributed by atoms with E-state index in [0.29, 0.717) is 50.7 Å². The predicted molar refractivity (Wildman–Crippen MR) is 176 cm³/mol. The molecule has 2 N–H and O–H groups in total. The Balaban J connectivity index is 0.00000968. The molecule has 43 heavy (non-hydrogen) atoms. The first kappa shape index (κ1) is 37.5. The van der Waals surface area contributed by atoms with Crippen LogP contribution in [0.2, 0.25) is 0 Å². The first-order chi connectivity index (χ1) is 20.6. The van der Waals surface area contributed by atoms with Crippen LogP contribution in [0.1, 0.15) is 159 Å². The van der Waals surface area contributed by atoms with Gasteiger partial charge in [0.1, 0.15) is 5.60 Å². The summed E-state index contributed by atoms with van der Waals surface area (Å²) < 4.78 is 16.1. The Morgan fingerprint density at radius 2 is 1.05 bits per heavy atom. The third-order valence-electron chi connectivity index (χ3n) is 8.67. The summed E-state index contributed by atoms with van der Waals surface area (Å²) in [5.74, 6) is -0.0431. The molecule has 0 aromatic heterocycles. The lowest BCUT2D eigenvalue weighted by Crippen LogP contribution is -2.61. The molecule has 0 saturated heterocycles. The van der Waals surface area contributed by atoms with Gasteiger partial charge in [-0.05, 0) is 58.3 Å². The van der Waals surface area contributed by atoms with Crippen LogP contribution >= 0.6 is 0 Å². The van der Waals surface area contributed by atoms with Crippen molar-refractivity contribution in [2.75, 3.05) is 26.4 Å². The SMILES string of the molecule is CCCCCCCCCCCCCCCC(=O)NC1CC2(C1)CC(NC(=O)CCOCCOCCC(=O)OC(C)(C)C)C2.[HH].[HH]. The van der Waals surface area contributed by atoms with Gasteiger partial charge < -0.3 is 24.8 Å². The molecular formula is C35H68N2O6. The molecule has 0 aromatic rings. The highest BCUT2D eigenvalue weighted by Crippen LogP contribution is 2.55. The molecule has 0 bridgehead atoms. The minimum absolute atomic E-state index is 0. The number of esters is 1. The summed E-state index contributed by atoms with van der Waals surface area (Å²) in [7, 11) is 0. The summed E-state index contributed by atoms with van der Waals surface area (Å²) in [5.41, 5.74) is -0.164. The van der Waals surface area contributed by atoms with E-state index in [4.69, 9.17) is 14.2 Å². The van der Waals surface area contributed by atoms with E-state index in [0.717, 1.165) is 38.5 Å². The monoisotopic (exact) mass is 613 g/mol. The highest BCUT2D eigenvalue weighted by molar-refractivity contribution is 5.77. The molecule has 0 atom stereocenters. The second-order valence-corrected chi connectivity index (χ2v) is 14.1. The minimum atomic E-state index is -0.482. The number of carbonyl (C=O) groups excluding carboxylic acids is 3. The molecule has 8 nitrogen and oxygen atoms in total. The lowest BCUT2D eigenvalue weighted by molar-refractivity contribution is -0.156. The minimum Gasteiger partial charge on any atom is -0.460 e. The lowest BCUT2D eigenvalue weighted by Gasteiger charge is -2.57. The van der Waals surface area contributed by atoms with Crippen LogP contribution in [0.4, 0.5) is 0 Å². The second kappa shape index (κ2) is 21.1. The smallest absolute Gasteiger partial charge is 0.308 e. The summed E-state index contributed by atoms with van der Waals surface area (Å²) in [4.78, 5) is 36.2. The van der Waals surface area contributed by atoms with Crippen molar-refractivity contribution in [3.8, 4) is 0 Å². The average Bonchev–Trinajstić information content (AvgIpc) is 2.89. The lowest BCUT2D eigenvalue weighted by atomic mass is 9.52. The predicted octanol–water partition coefficient (Wildman–Crippen LogP) is 7.66. The van der Waals surface area contributed by atoms with E-state index in [9.17, 15) is 14.4 Å². The Morgan fingerprint density at radius 1 is 0.628 bits per heavy atom. The van der Waals surface area contributed by atoms with Gasteiger partial charge in [0.15, 0.2) is 0 Å². The van der Waals surface area contributed by atoms with Crippen LogP contribution in [0, 0.1) is 5.41 Å². The molecule has 0 unspecified atom stereocenters. The molecule has 2 amide bonds. The van der Waals surface area contributed by atoms with Gasteiger partial charge in [-0.3, -0.25) is 14.4 Å². The highest BCUT2D eigenvalue weighted by atomic mass is 16.6. The molecule has 1 spiro atoms. The van der Waals surface area contributed by atoms with Crippen molar-refractivity contribution in [1.82, 2.24) is 10.6 Å². The molecular weight excluding hydrogens is 544 g/mol.